The van der Waals surface area contributed by atoms with Gasteiger partial charge in [-0.05, 0) is 12.8 Å². The van der Waals surface area contributed by atoms with Crippen molar-refractivity contribution in [1.82, 2.24) is 20.4 Å². The van der Waals surface area contributed by atoms with E-state index in [9.17, 15) is 9.59 Å². The van der Waals surface area contributed by atoms with Gasteiger partial charge in [0.25, 0.3) is 0 Å². The van der Waals surface area contributed by atoms with Crippen LogP contribution in [0.15, 0.2) is 0 Å². The molecule has 2 saturated heterocycles. The number of nitrogens with one attached hydrogen (secondary N) is 2. The standard InChI is InChI=1S/C11H20N4O2/c1-12-11(17)15-6-2-3-9(15)10(16)14-7-4-13-5-8-14/h9,13H,2-8H2,1H3,(H,12,17). The fraction of sp³-hybridized carbons (Fsp3) is 0.818. The minimum absolute atomic E-state index is 0.104. The second-order valence-corrected chi connectivity index (χ2v) is 4.48. The summed E-state index contributed by atoms with van der Waals surface area (Å²) < 4.78 is 0. The molecule has 2 N–H and O–H groups in total. The van der Waals surface area contributed by atoms with Crippen molar-refractivity contribution in [3.8, 4) is 0 Å². The first-order chi connectivity index (χ1) is 8.24. The van der Waals surface area contributed by atoms with Gasteiger partial charge >= 0.3 is 6.03 Å². The molecule has 2 aliphatic heterocycles. The minimum Gasteiger partial charge on any atom is -0.341 e. The zero-order valence-electron chi connectivity index (χ0n) is 10.2. The van der Waals surface area contributed by atoms with Crippen molar-refractivity contribution < 1.29 is 9.59 Å². The Labute approximate surface area is 101 Å². The molecule has 2 aliphatic rings. The molecule has 6 heteroatoms. The Balaban J connectivity index is 1.99. The van der Waals surface area contributed by atoms with Crippen LogP contribution in [0, 0.1) is 0 Å². The van der Waals surface area contributed by atoms with Crippen LogP contribution >= 0.6 is 0 Å². The maximum Gasteiger partial charge on any atom is 0.317 e. The van der Waals surface area contributed by atoms with Crippen molar-refractivity contribution in [2.24, 2.45) is 0 Å². The first-order valence-electron chi connectivity index (χ1n) is 6.22. The lowest BCUT2D eigenvalue weighted by molar-refractivity contribution is -0.135. The number of amides is 3. The Kier molecular flexibility index (Phi) is 3.83. The largest absolute Gasteiger partial charge is 0.341 e. The number of rotatable bonds is 1. The van der Waals surface area contributed by atoms with Crippen LogP contribution in [0.1, 0.15) is 12.8 Å². The Morgan fingerprint density at radius 1 is 1.24 bits per heavy atom. The number of nitrogens with zero attached hydrogens (tertiary/aromatic N) is 2. The van der Waals surface area contributed by atoms with E-state index in [4.69, 9.17) is 0 Å². The van der Waals surface area contributed by atoms with Crippen LogP contribution in [0.3, 0.4) is 0 Å². The zero-order valence-corrected chi connectivity index (χ0v) is 10.2. The number of piperazine rings is 1. The van der Waals surface area contributed by atoms with Gasteiger partial charge in [-0.3, -0.25) is 4.79 Å². The normalized spacial score (nSPS) is 24.9. The molecule has 6 nitrogen and oxygen atoms in total. The Bertz CT molecular complexity index is 302. The van der Waals surface area contributed by atoms with Gasteiger partial charge < -0.3 is 20.4 Å². The van der Waals surface area contributed by atoms with Gasteiger partial charge in [0.2, 0.25) is 5.91 Å². The molecular formula is C11H20N4O2. The Morgan fingerprint density at radius 2 is 1.94 bits per heavy atom. The fourth-order valence-electron chi connectivity index (χ4n) is 2.51. The highest BCUT2D eigenvalue weighted by molar-refractivity contribution is 5.87. The zero-order chi connectivity index (χ0) is 12.3. The average molecular weight is 240 g/mol. The van der Waals surface area contributed by atoms with Crippen molar-refractivity contribution >= 4 is 11.9 Å². The van der Waals surface area contributed by atoms with E-state index >= 15 is 0 Å². The number of carbonyl (C=O) groups excluding carboxylic acids is 2. The van der Waals surface area contributed by atoms with E-state index in [1.165, 1.54) is 0 Å². The lowest BCUT2D eigenvalue weighted by Crippen LogP contribution is -2.54. The average Bonchev–Trinajstić information content (AvgIpc) is 2.87. The van der Waals surface area contributed by atoms with E-state index in [1.807, 2.05) is 4.90 Å². The van der Waals surface area contributed by atoms with Gasteiger partial charge in [0.15, 0.2) is 0 Å². The van der Waals surface area contributed by atoms with Crippen molar-refractivity contribution in [3.05, 3.63) is 0 Å². The first-order valence-corrected chi connectivity index (χ1v) is 6.22. The summed E-state index contributed by atoms with van der Waals surface area (Å²) in [6, 6.07) is -0.399. The van der Waals surface area contributed by atoms with E-state index in [0.29, 0.717) is 6.54 Å². The van der Waals surface area contributed by atoms with Crippen molar-refractivity contribution in [2.45, 2.75) is 18.9 Å². The molecule has 0 aromatic carbocycles. The van der Waals surface area contributed by atoms with Crippen LogP contribution in [0.25, 0.3) is 0 Å². The first kappa shape index (κ1) is 12.2. The van der Waals surface area contributed by atoms with E-state index in [1.54, 1.807) is 11.9 Å². The highest BCUT2D eigenvalue weighted by Gasteiger charge is 2.36. The van der Waals surface area contributed by atoms with Crippen molar-refractivity contribution in [2.75, 3.05) is 39.8 Å². The molecule has 0 bridgehead atoms. The molecule has 2 fully saturated rings. The van der Waals surface area contributed by atoms with Gasteiger partial charge in [0.1, 0.15) is 6.04 Å². The second kappa shape index (κ2) is 5.35. The summed E-state index contributed by atoms with van der Waals surface area (Å²) in [4.78, 5) is 27.5. The van der Waals surface area contributed by atoms with Crippen LogP contribution < -0.4 is 10.6 Å². The summed E-state index contributed by atoms with van der Waals surface area (Å²) in [7, 11) is 1.60. The smallest absolute Gasteiger partial charge is 0.317 e. The van der Waals surface area contributed by atoms with Gasteiger partial charge in [-0.1, -0.05) is 0 Å². The van der Waals surface area contributed by atoms with Gasteiger partial charge in [-0.2, -0.15) is 0 Å². The molecule has 2 heterocycles. The summed E-state index contributed by atoms with van der Waals surface area (Å²) in [5.74, 6) is 0.104. The maximum absolute atomic E-state index is 12.3. The third kappa shape index (κ3) is 2.52. The molecule has 0 aromatic heterocycles. The molecule has 0 radical (unpaired) electrons. The van der Waals surface area contributed by atoms with Crippen LogP contribution in [0.5, 0.6) is 0 Å². The van der Waals surface area contributed by atoms with Crippen LogP contribution in [-0.2, 0) is 4.79 Å². The number of urea groups is 1. The molecule has 1 unspecified atom stereocenters. The predicted molar refractivity (Wildman–Crippen MR) is 63.6 cm³/mol. The van der Waals surface area contributed by atoms with Crippen LogP contribution in [0.4, 0.5) is 4.79 Å². The molecule has 1 atom stereocenters. The summed E-state index contributed by atoms with van der Waals surface area (Å²) in [6.07, 6.45) is 1.70. The van der Waals surface area contributed by atoms with Gasteiger partial charge in [-0.25, -0.2) is 4.79 Å². The third-order valence-electron chi connectivity index (χ3n) is 3.44. The molecular weight excluding hydrogens is 220 g/mol. The van der Waals surface area contributed by atoms with Gasteiger partial charge in [0.05, 0.1) is 0 Å². The van der Waals surface area contributed by atoms with Crippen LogP contribution in [0.2, 0.25) is 0 Å². The second-order valence-electron chi connectivity index (χ2n) is 4.48. The summed E-state index contributed by atoms with van der Waals surface area (Å²) in [5, 5.41) is 5.82. The molecule has 0 aromatic rings. The van der Waals surface area contributed by atoms with Crippen molar-refractivity contribution in [1.29, 1.82) is 0 Å². The Morgan fingerprint density at radius 3 is 2.59 bits per heavy atom. The molecule has 0 spiro atoms. The van der Waals surface area contributed by atoms with E-state index in [2.05, 4.69) is 10.6 Å². The topological polar surface area (TPSA) is 64.7 Å². The number of hydrogen-bond acceptors (Lipinski definition) is 3. The predicted octanol–water partition coefficient (Wildman–Crippen LogP) is -0.778. The lowest BCUT2D eigenvalue weighted by atomic mass is 10.2. The van der Waals surface area contributed by atoms with Crippen LogP contribution in [-0.4, -0.2) is 67.6 Å². The Hall–Kier alpha value is -1.30. The molecule has 96 valence electrons. The van der Waals surface area contributed by atoms with E-state index in [0.717, 1.165) is 39.0 Å². The lowest BCUT2D eigenvalue weighted by Gasteiger charge is -2.32. The maximum atomic E-state index is 12.3. The minimum atomic E-state index is -0.256. The summed E-state index contributed by atoms with van der Waals surface area (Å²) in [6.45, 7) is 3.87. The molecule has 17 heavy (non-hydrogen) atoms. The third-order valence-corrected chi connectivity index (χ3v) is 3.44. The summed E-state index contributed by atoms with van der Waals surface area (Å²) >= 11 is 0. The number of likely N-dealkylation sites (tertiary alicyclic amines) is 1. The highest BCUT2D eigenvalue weighted by atomic mass is 16.2. The monoisotopic (exact) mass is 240 g/mol. The molecule has 3 amide bonds. The SMILES string of the molecule is CNC(=O)N1CCCC1C(=O)N1CCNCC1. The number of hydrogen-bond donors (Lipinski definition) is 2. The van der Waals surface area contributed by atoms with E-state index in [-0.39, 0.29) is 18.0 Å². The number of carbonyl (C=O) groups is 2. The van der Waals surface area contributed by atoms with Gasteiger partial charge in [-0.15, -0.1) is 0 Å². The quantitative estimate of drug-likeness (QED) is 0.632. The van der Waals surface area contributed by atoms with Gasteiger partial charge in [0, 0.05) is 39.8 Å². The fourth-order valence-corrected chi connectivity index (χ4v) is 2.51. The molecule has 0 saturated carbocycles. The van der Waals surface area contributed by atoms with E-state index < -0.39 is 0 Å². The highest BCUT2D eigenvalue weighted by Crippen LogP contribution is 2.19. The summed E-state index contributed by atoms with van der Waals surface area (Å²) in [5.41, 5.74) is 0. The van der Waals surface area contributed by atoms with Crippen molar-refractivity contribution in [3.63, 3.8) is 0 Å². The molecule has 0 aliphatic carbocycles. The molecule has 2 rings (SSSR count).